The first-order valence-electron chi connectivity index (χ1n) is 12.4. The van der Waals surface area contributed by atoms with E-state index < -0.39 is 0 Å². The number of nitrogens with zero attached hydrogens (tertiary/aromatic N) is 2. The Hall–Kier alpha value is -4.26. The molecule has 0 bridgehead atoms. The summed E-state index contributed by atoms with van der Waals surface area (Å²) in [5, 5.41) is 5.95. The number of imidazole rings is 1. The van der Waals surface area contributed by atoms with Crippen molar-refractivity contribution in [3.05, 3.63) is 84.8 Å². The minimum Gasteiger partial charge on any atom is -0.338 e. The lowest BCUT2D eigenvalue weighted by atomic mass is 9.99. The number of amides is 2. The van der Waals surface area contributed by atoms with Crippen LogP contribution in [0.2, 0.25) is 0 Å². The number of H-pyrrole nitrogens is 1. The highest BCUT2D eigenvalue weighted by Crippen LogP contribution is 2.27. The number of hydrogen-bond acceptors (Lipinski definition) is 4. The summed E-state index contributed by atoms with van der Waals surface area (Å²) in [6.07, 6.45) is 11.7. The average Bonchev–Trinajstić information content (AvgIpc) is 3.25. The number of hydrogen-bond donors (Lipinski definition) is 3. The predicted molar refractivity (Wildman–Crippen MR) is 141 cm³/mol. The quantitative estimate of drug-likeness (QED) is 0.283. The van der Waals surface area contributed by atoms with Crippen LogP contribution in [0.1, 0.15) is 48.9 Å². The monoisotopic (exact) mass is 479 g/mol. The van der Waals surface area contributed by atoms with Crippen molar-refractivity contribution >= 4 is 23.2 Å². The van der Waals surface area contributed by atoms with Gasteiger partial charge in [-0.3, -0.25) is 14.6 Å². The second-order valence-corrected chi connectivity index (χ2v) is 9.17. The zero-order valence-corrected chi connectivity index (χ0v) is 20.0. The molecule has 3 N–H and O–H groups in total. The minimum atomic E-state index is -0.204. The molecule has 0 spiro atoms. The largest absolute Gasteiger partial charge is 0.338 e. The van der Waals surface area contributed by atoms with Crippen molar-refractivity contribution in [2.24, 2.45) is 5.92 Å². The third kappa shape index (κ3) is 5.68. The van der Waals surface area contributed by atoms with Crippen LogP contribution in [0.25, 0.3) is 22.6 Å². The number of pyridine rings is 1. The normalized spacial score (nSPS) is 14.1. The lowest BCUT2D eigenvalue weighted by Gasteiger charge is -2.14. The fraction of sp³-hybridized carbons (Fsp3) is 0.241. The van der Waals surface area contributed by atoms with Crippen molar-refractivity contribution in [3.8, 4) is 22.6 Å². The van der Waals surface area contributed by atoms with Crippen molar-refractivity contribution < 1.29 is 9.59 Å². The number of aromatic nitrogens is 3. The van der Waals surface area contributed by atoms with Crippen LogP contribution in [0.5, 0.6) is 0 Å². The molecule has 7 heteroatoms. The van der Waals surface area contributed by atoms with Crippen LogP contribution in [0.3, 0.4) is 0 Å². The smallest absolute Gasteiger partial charge is 0.257 e. The molecule has 0 unspecified atom stereocenters. The van der Waals surface area contributed by atoms with E-state index in [1.165, 1.54) is 19.0 Å². The molecule has 1 fully saturated rings. The molecule has 0 aliphatic heterocycles. The molecule has 2 aromatic heterocycles. The predicted octanol–water partition coefficient (Wildman–Crippen LogP) is 6.30. The Kier molecular flexibility index (Phi) is 7.17. The summed E-state index contributed by atoms with van der Waals surface area (Å²) in [6, 6.07) is 18.8. The Bertz CT molecular complexity index is 1310. The Morgan fingerprint density at radius 2 is 1.44 bits per heavy atom. The van der Waals surface area contributed by atoms with E-state index in [0.717, 1.165) is 54.0 Å². The summed E-state index contributed by atoms with van der Waals surface area (Å²) in [7, 11) is 0. The molecule has 5 rings (SSSR count). The first-order chi connectivity index (χ1) is 17.7. The van der Waals surface area contributed by atoms with Gasteiger partial charge in [-0.25, -0.2) is 4.98 Å². The van der Waals surface area contributed by atoms with E-state index in [1.807, 2.05) is 48.5 Å². The molecular weight excluding hydrogens is 450 g/mol. The van der Waals surface area contributed by atoms with Crippen molar-refractivity contribution in [2.75, 3.05) is 10.6 Å². The summed E-state index contributed by atoms with van der Waals surface area (Å²) in [5.74, 6) is 0.789. The summed E-state index contributed by atoms with van der Waals surface area (Å²) in [6.45, 7) is 0. The van der Waals surface area contributed by atoms with Crippen LogP contribution >= 0.6 is 0 Å². The van der Waals surface area contributed by atoms with E-state index in [4.69, 9.17) is 0 Å². The molecule has 36 heavy (non-hydrogen) atoms. The standard InChI is InChI=1S/C29H29N5O2/c35-28(22-6-3-1-2-4-7-22)32-24-13-9-20(10-14-24)26-19-31-27(34-26)21-11-15-25(16-12-21)33-29(36)23-8-5-17-30-18-23/h5,8-19,22H,1-4,6-7H2,(H,31,34)(H,32,35)(H,33,36). The van der Waals surface area contributed by atoms with Crippen molar-refractivity contribution in [1.82, 2.24) is 15.0 Å². The van der Waals surface area contributed by atoms with E-state index >= 15 is 0 Å². The molecule has 0 atom stereocenters. The first-order valence-corrected chi connectivity index (χ1v) is 12.4. The number of rotatable bonds is 6. The van der Waals surface area contributed by atoms with Gasteiger partial charge in [-0.1, -0.05) is 37.8 Å². The lowest BCUT2D eigenvalue weighted by molar-refractivity contribution is -0.120. The van der Waals surface area contributed by atoms with Crippen molar-refractivity contribution in [2.45, 2.75) is 38.5 Å². The number of nitrogens with one attached hydrogen (secondary N) is 3. The van der Waals surface area contributed by atoms with E-state index in [2.05, 4.69) is 25.6 Å². The highest BCUT2D eigenvalue weighted by atomic mass is 16.2. The number of aromatic amines is 1. The van der Waals surface area contributed by atoms with Gasteiger partial charge in [0.1, 0.15) is 5.82 Å². The Morgan fingerprint density at radius 3 is 2.11 bits per heavy atom. The van der Waals surface area contributed by atoms with Crippen LogP contribution in [0.4, 0.5) is 11.4 Å². The molecule has 1 aliphatic rings. The van der Waals surface area contributed by atoms with Crippen LogP contribution in [0, 0.1) is 5.92 Å². The first kappa shape index (κ1) is 23.5. The van der Waals surface area contributed by atoms with Gasteiger partial charge in [-0.05, 0) is 66.9 Å². The molecule has 4 aromatic rings. The van der Waals surface area contributed by atoms with E-state index in [9.17, 15) is 9.59 Å². The number of carbonyl (C=O) groups excluding carboxylic acids is 2. The van der Waals surface area contributed by atoms with Crippen LogP contribution in [-0.2, 0) is 4.79 Å². The summed E-state index contributed by atoms with van der Waals surface area (Å²) in [4.78, 5) is 36.8. The van der Waals surface area contributed by atoms with Gasteiger partial charge in [0.2, 0.25) is 5.91 Å². The van der Waals surface area contributed by atoms with Gasteiger partial charge in [-0.2, -0.15) is 0 Å². The van der Waals surface area contributed by atoms with Crippen LogP contribution < -0.4 is 10.6 Å². The van der Waals surface area contributed by atoms with Gasteiger partial charge in [0.15, 0.2) is 0 Å². The zero-order chi connectivity index (χ0) is 24.7. The molecular formula is C29H29N5O2. The SMILES string of the molecule is O=C(Nc1ccc(-c2ncc(-c3ccc(NC(=O)C4CCCCCC4)cc3)[nH]2)cc1)c1cccnc1. The van der Waals surface area contributed by atoms with E-state index in [0.29, 0.717) is 11.3 Å². The third-order valence-corrected chi connectivity index (χ3v) is 6.61. The summed E-state index contributed by atoms with van der Waals surface area (Å²) < 4.78 is 0. The van der Waals surface area contributed by atoms with Crippen LogP contribution in [-0.4, -0.2) is 26.8 Å². The van der Waals surface area contributed by atoms with Gasteiger partial charge in [0.05, 0.1) is 17.5 Å². The molecule has 1 aliphatic carbocycles. The molecule has 1 saturated carbocycles. The molecule has 0 radical (unpaired) electrons. The number of anilines is 2. The maximum atomic E-state index is 12.6. The topological polar surface area (TPSA) is 99.8 Å². The highest BCUT2D eigenvalue weighted by Gasteiger charge is 2.20. The molecule has 182 valence electrons. The average molecular weight is 480 g/mol. The van der Waals surface area contributed by atoms with Crippen LogP contribution in [0.15, 0.2) is 79.3 Å². The Labute approximate surface area is 210 Å². The second-order valence-electron chi connectivity index (χ2n) is 9.17. The van der Waals surface area contributed by atoms with E-state index in [-0.39, 0.29) is 17.7 Å². The fourth-order valence-corrected chi connectivity index (χ4v) is 4.55. The molecule has 0 saturated heterocycles. The van der Waals surface area contributed by atoms with Gasteiger partial charge in [0.25, 0.3) is 5.91 Å². The van der Waals surface area contributed by atoms with Gasteiger partial charge in [0, 0.05) is 35.2 Å². The highest BCUT2D eigenvalue weighted by molar-refractivity contribution is 6.04. The minimum absolute atomic E-state index is 0.123. The molecule has 2 heterocycles. The summed E-state index contributed by atoms with van der Waals surface area (Å²) in [5.41, 5.74) is 4.81. The summed E-state index contributed by atoms with van der Waals surface area (Å²) >= 11 is 0. The Morgan fingerprint density at radius 1 is 0.778 bits per heavy atom. The molecule has 2 amide bonds. The maximum absolute atomic E-state index is 12.6. The van der Waals surface area contributed by atoms with Gasteiger partial charge in [-0.15, -0.1) is 0 Å². The van der Waals surface area contributed by atoms with Gasteiger partial charge >= 0.3 is 0 Å². The molecule has 7 nitrogen and oxygen atoms in total. The van der Waals surface area contributed by atoms with Crippen molar-refractivity contribution in [3.63, 3.8) is 0 Å². The third-order valence-electron chi connectivity index (χ3n) is 6.61. The maximum Gasteiger partial charge on any atom is 0.257 e. The van der Waals surface area contributed by atoms with E-state index in [1.54, 1.807) is 24.5 Å². The van der Waals surface area contributed by atoms with Crippen molar-refractivity contribution in [1.29, 1.82) is 0 Å². The lowest BCUT2D eigenvalue weighted by Crippen LogP contribution is -2.22. The number of carbonyl (C=O) groups is 2. The second kappa shape index (κ2) is 11.0. The number of benzene rings is 2. The zero-order valence-electron chi connectivity index (χ0n) is 20.0. The van der Waals surface area contributed by atoms with Gasteiger partial charge < -0.3 is 15.6 Å². The fourth-order valence-electron chi connectivity index (χ4n) is 4.55. The molecule has 2 aromatic carbocycles. The Balaban J connectivity index is 1.21.